The van der Waals surface area contributed by atoms with E-state index in [9.17, 15) is 58.2 Å². The van der Waals surface area contributed by atoms with Crippen molar-refractivity contribution in [3.8, 4) is 0 Å². The van der Waals surface area contributed by atoms with E-state index in [2.05, 4.69) is 26.6 Å². The van der Waals surface area contributed by atoms with E-state index in [0.29, 0.717) is 19.3 Å². The maximum Gasteiger partial charge on any atom is 0.326 e. The fourth-order valence-corrected chi connectivity index (χ4v) is 6.78. The van der Waals surface area contributed by atoms with Gasteiger partial charge in [-0.3, -0.25) is 38.4 Å². The van der Waals surface area contributed by atoms with Crippen molar-refractivity contribution in [3.05, 3.63) is 0 Å². The molecule has 21 heteroatoms. The predicted octanol–water partition coefficient (Wildman–Crippen LogP) is -3.24. The van der Waals surface area contributed by atoms with E-state index >= 15 is 0 Å². The van der Waals surface area contributed by atoms with Gasteiger partial charge in [-0.05, 0) is 57.8 Å². The minimum absolute atomic E-state index is 0.0695. The summed E-state index contributed by atoms with van der Waals surface area (Å²) in [6.07, 6.45) is 1.11. The van der Waals surface area contributed by atoms with Gasteiger partial charge in [0, 0.05) is 19.5 Å². The first-order valence-electron chi connectivity index (χ1n) is 19.6. The van der Waals surface area contributed by atoms with Crippen molar-refractivity contribution < 1.29 is 58.2 Å². The Labute approximate surface area is 337 Å². The largest absolute Gasteiger partial charge is 0.480 e. The number of carboxylic acids is 1. The zero-order valence-electron chi connectivity index (χ0n) is 34.1. The molecule has 2 saturated heterocycles. The van der Waals surface area contributed by atoms with Crippen molar-refractivity contribution in [1.82, 2.24) is 36.4 Å². The number of primary amides is 1. The molecule has 0 aromatic carbocycles. The van der Waals surface area contributed by atoms with Crippen LogP contribution in [0.4, 0.5) is 0 Å². The van der Waals surface area contributed by atoms with Gasteiger partial charge in [0.25, 0.3) is 0 Å². The number of aliphatic carboxylic acids is 1. The Morgan fingerprint density at radius 3 is 1.76 bits per heavy atom. The second-order valence-electron chi connectivity index (χ2n) is 15.4. The van der Waals surface area contributed by atoms with Crippen LogP contribution < -0.4 is 38.1 Å². The van der Waals surface area contributed by atoms with Crippen LogP contribution in [0.2, 0.25) is 0 Å². The minimum Gasteiger partial charge on any atom is -0.480 e. The molecule has 2 aliphatic rings. The summed E-state index contributed by atoms with van der Waals surface area (Å²) in [5.41, 5.74) is 10.8. The number of likely N-dealkylation sites (tertiary alicyclic amines) is 2. The van der Waals surface area contributed by atoms with Crippen LogP contribution in [0.1, 0.15) is 92.9 Å². The molecule has 0 bridgehead atoms. The van der Waals surface area contributed by atoms with Crippen LogP contribution in [0.5, 0.6) is 0 Å². The standard InChI is InChI=1S/C37H61N9O12/c1-7-19(4)29(36(56)46-15-9-10-25(46)32(52)41-23(37(57)58)13-12-20(5)48)44-31(51)24(17-47)42-34(54)28(18(2)3)43-33(53)26-11-8-14-45(26)35(55)21(6)40-30(50)22(38)16-27(39)49/h18-19,21-26,28-29,47H,7-17,38H2,1-6H3,(H2,39,49)(H,40,50)(H,41,52)(H,42,54)(H,43,53)(H,44,51)(H,57,58)/t19-,21-,22-,23-,24-,25-,26-,28-,29-/m0/s1. The predicted molar refractivity (Wildman–Crippen MR) is 206 cm³/mol. The minimum atomic E-state index is -1.57. The van der Waals surface area contributed by atoms with Crippen LogP contribution >= 0.6 is 0 Å². The van der Waals surface area contributed by atoms with Gasteiger partial charge in [-0.1, -0.05) is 34.1 Å². The van der Waals surface area contributed by atoms with Gasteiger partial charge in [-0.2, -0.15) is 0 Å². The number of hydrogen-bond acceptors (Lipinski definition) is 12. The van der Waals surface area contributed by atoms with E-state index in [4.69, 9.17) is 11.5 Å². The average Bonchev–Trinajstić information content (AvgIpc) is 3.86. The Bertz CT molecular complexity index is 1560. The maximum absolute atomic E-state index is 13.9. The number of aliphatic hydroxyl groups is 1. The number of carbonyl (C=O) groups excluding carboxylic acids is 9. The van der Waals surface area contributed by atoms with E-state index in [1.165, 1.54) is 23.6 Å². The number of amides is 8. The van der Waals surface area contributed by atoms with Gasteiger partial charge in [-0.15, -0.1) is 0 Å². The normalized spacial score (nSPS) is 20.1. The second kappa shape index (κ2) is 22.7. The highest BCUT2D eigenvalue weighted by Gasteiger charge is 2.42. The van der Waals surface area contributed by atoms with Crippen LogP contribution in [0.25, 0.3) is 0 Å². The van der Waals surface area contributed by atoms with Gasteiger partial charge in [-0.25, -0.2) is 4.79 Å². The fraction of sp³-hybridized carbons (Fsp3) is 0.730. The molecule has 326 valence electrons. The highest BCUT2D eigenvalue weighted by Crippen LogP contribution is 2.23. The number of carboxylic acid groups (broad SMARTS) is 1. The number of ketones is 1. The number of nitrogens with two attached hydrogens (primary N) is 2. The van der Waals surface area contributed by atoms with Crippen molar-refractivity contribution >= 4 is 59.0 Å². The SMILES string of the molecule is CC[C@H](C)[C@H](NC(=O)[C@H](CO)NC(=O)[C@@H](NC(=O)[C@@H]1CCCN1C(=O)[C@H](C)NC(=O)[C@@H](N)CC(N)=O)C(C)C)C(=O)N1CCC[C@H]1C(=O)N[C@@H](CCC(C)=O)C(=O)O. The molecule has 11 N–H and O–H groups in total. The van der Waals surface area contributed by atoms with Gasteiger partial charge < -0.3 is 62.9 Å². The summed E-state index contributed by atoms with van der Waals surface area (Å²) in [6.45, 7) is 8.86. The summed E-state index contributed by atoms with van der Waals surface area (Å²) >= 11 is 0. The summed E-state index contributed by atoms with van der Waals surface area (Å²) in [6, 6.07) is -9.81. The molecule has 0 saturated carbocycles. The summed E-state index contributed by atoms with van der Waals surface area (Å²) in [5, 5.41) is 32.3. The second-order valence-corrected chi connectivity index (χ2v) is 15.4. The molecule has 0 aromatic heterocycles. The highest BCUT2D eigenvalue weighted by atomic mass is 16.4. The lowest BCUT2D eigenvalue weighted by Gasteiger charge is -2.33. The molecule has 2 heterocycles. The van der Waals surface area contributed by atoms with Crippen molar-refractivity contribution in [2.45, 2.75) is 141 Å². The van der Waals surface area contributed by atoms with Crippen molar-refractivity contribution in [2.24, 2.45) is 23.3 Å². The average molecular weight is 824 g/mol. The Hall–Kier alpha value is -5.18. The number of hydrogen-bond donors (Lipinski definition) is 9. The Morgan fingerprint density at radius 2 is 1.28 bits per heavy atom. The molecule has 2 fully saturated rings. The number of aliphatic hydroxyl groups excluding tert-OH is 1. The quantitative estimate of drug-likeness (QED) is 0.0519. The van der Waals surface area contributed by atoms with Crippen LogP contribution in [0.15, 0.2) is 0 Å². The molecule has 0 spiro atoms. The molecule has 58 heavy (non-hydrogen) atoms. The monoisotopic (exact) mass is 823 g/mol. The van der Waals surface area contributed by atoms with E-state index < -0.39 is 126 Å². The summed E-state index contributed by atoms with van der Waals surface area (Å²) in [4.78, 5) is 130. The number of Topliss-reactive ketones (excluding diaryl/α,β-unsaturated/α-hetero) is 1. The van der Waals surface area contributed by atoms with Gasteiger partial charge in [0.1, 0.15) is 48.1 Å². The number of nitrogens with zero attached hydrogens (tertiary/aromatic N) is 2. The topological polar surface area (TPSA) is 330 Å². The molecular weight excluding hydrogens is 762 g/mol. The van der Waals surface area contributed by atoms with Crippen LogP contribution in [0, 0.1) is 11.8 Å². The summed E-state index contributed by atoms with van der Waals surface area (Å²) < 4.78 is 0. The molecule has 0 aliphatic carbocycles. The molecule has 2 rings (SSSR count). The Morgan fingerprint density at radius 1 is 0.724 bits per heavy atom. The van der Waals surface area contributed by atoms with Crippen LogP contribution in [-0.2, 0) is 47.9 Å². The van der Waals surface area contributed by atoms with E-state index in [-0.39, 0.29) is 44.6 Å². The Kier molecular flexibility index (Phi) is 19.1. The number of nitrogens with one attached hydrogen (secondary N) is 5. The molecule has 0 radical (unpaired) electrons. The lowest BCUT2D eigenvalue weighted by Crippen LogP contribution is -2.62. The smallest absolute Gasteiger partial charge is 0.326 e. The molecule has 2 aliphatic heterocycles. The van der Waals surface area contributed by atoms with Gasteiger partial charge in [0.05, 0.1) is 19.1 Å². The number of carbonyl (C=O) groups is 10. The third kappa shape index (κ3) is 13.7. The zero-order chi connectivity index (χ0) is 44.0. The molecule has 9 atom stereocenters. The third-order valence-corrected chi connectivity index (χ3v) is 10.4. The van der Waals surface area contributed by atoms with Gasteiger partial charge in [0.15, 0.2) is 0 Å². The van der Waals surface area contributed by atoms with Crippen molar-refractivity contribution in [3.63, 3.8) is 0 Å². The van der Waals surface area contributed by atoms with Crippen LogP contribution in [-0.4, -0.2) is 147 Å². The first-order valence-corrected chi connectivity index (χ1v) is 19.6. The van der Waals surface area contributed by atoms with Gasteiger partial charge in [0.2, 0.25) is 47.3 Å². The van der Waals surface area contributed by atoms with Crippen LogP contribution in [0.3, 0.4) is 0 Å². The summed E-state index contributed by atoms with van der Waals surface area (Å²) in [7, 11) is 0. The first-order chi connectivity index (χ1) is 27.1. The van der Waals surface area contributed by atoms with E-state index in [1.807, 2.05) is 0 Å². The van der Waals surface area contributed by atoms with Crippen molar-refractivity contribution in [2.75, 3.05) is 19.7 Å². The van der Waals surface area contributed by atoms with Crippen molar-refractivity contribution in [1.29, 1.82) is 0 Å². The van der Waals surface area contributed by atoms with E-state index in [1.54, 1.807) is 27.7 Å². The maximum atomic E-state index is 13.9. The van der Waals surface area contributed by atoms with E-state index in [0.717, 1.165) is 0 Å². The molecule has 0 unspecified atom stereocenters. The molecule has 8 amide bonds. The van der Waals surface area contributed by atoms with Gasteiger partial charge >= 0.3 is 5.97 Å². The first kappa shape index (κ1) is 49.0. The lowest BCUT2D eigenvalue weighted by atomic mass is 9.96. The molecular formula is C37H61N9O12. The lowest BCUT2D eigenvalue weighted by molar-refractivity contribution is -0.145. The Balaban J connectivity index is 2.15. The number of rotatable bonds is 22. The third-order valence-electron chi connectivity index (χ3n) is 10.4. The molecule has 21 nitrogen and oxygen atoms in total. The summed E-state index contributed by atoms with van der Waals surface area (Å²) in [5.74, 6) is -8.56. The zero-order valence-corrected chi connectivity index (χ0v) is 34.1. The highest BCUT2D eigenvalue weighted by molar-refractivity contribution is 5.98. The molecule has 0 aromatic rings. The fourth-order valence-electron chi connectivity index (χ4n) is 6.78.